The van der Waals surface area contributed by atoms with E-state index in [4.69, 9.17) is 9.47 Å². The molecular weight excluding hydrogens is 292 g/mol. The largest absolute Gasteiger partial charge is 0.490 e. The number of rotatable bonds is 8. The van der Waals surface area contributed by atoms with Crippen LogP contribution in [0.3, 0.4) is 0 Å². The van der Waals surface area contributed by atoms with Gasteiger partial charge in [0, 0.05) is 12.1 Å². The third kappa shape index (κ3) is 5.43. The number of hydrogen-bond donors (Lipinski definition) is 2. The van der Waals surface area contributed by atoms with Crippen molar-refractivity contribution in [2.45, 2.75) is 33.1 Å². The van der Waals surface area contributed by atoms with Gasteiger partial charge < -0.3 is 20.1 Å². The Morgan fingerprint density at radius 1 is 1.26 bits per heavy atom. The van der Waals surface area contributed by atoms with Gasteiger partial charge >= 0.3 is 0 Å². The minimum atomic E-state index is -0.0576. The molecule has 0 radical (unpaired) electrons. The van der Waals surface area contributed by atoms with Gasteiger partial charge in [-0.15, -0.1) is 0 Å². The van der Waals surface area contributed by atoms with Gasteiger partial charge in [-0.3, -0.25) is 4.79 Å². The summed E-state index contributed by atoms with van der Waals surface area (Å²) < 4.78 is 11.1. The lowest BCUT2D eigenvalue weighted by molar-refractivity contribution is 0.0950. The van der Waals surface area contributed by atoms with Crippen molar-refractivity contribution in [1.29, 1.82) is 0 Å². The maximum Gasteiger partial charge on any atom is 0.251 e. The molecule has 2 N–H and O–H groups in total. The van der Waals surface area contributed by atoms with Crippen LogP contribution < -0.4 is 20.1 Å². The van der Waals surface area contributed by atoms with Crippen LogP contribution in [0.2, 0.25) is 0 Å². The number of amides is 1. The molecular formula is C18H28N2O3. The Kier molecular flexibility index (Phi) is 7.20. The Morgan fingerprint density at radius 2 is 2.04 bits per heavy atom. The van der Waals surface area contributed by atoms with E-state index in [0.717, 1.165) is 19.5 Å². The summed E-state index contributed by atoms with van der Waals surface area (Å²) in [5.41, 5.74) is 0.610. The molecule has 1 fully saturated rings. The van der Waals surface area contributed by atoms with Crippen LogP contribution in [0.25, 0.3) is 0 Å². The van der Waals surface area contributed by atoms with Crippen molar-refractivity contribution in [2.24, 2.45) is 5.92 Å². The zero-order valence-electron chi connectivity index (χ0n) is 14.2. The fraction of sp³-hybridized carbons (Fsp3) is 0.611. The van der Waals surface area contributed by atoms with E-state index >= 15 is 0 Å². The molecule has 1 amide bonds. The highest BCUT2D eigenvalue weighted by Crippen LogP contribution is 2.28. The molecule has 5 heteroatoms. The third-order valence-corrected chi connectivity index (χ3v) is 4.04. The molecule has 0 saturated carbocycles. The summed E-state index contributed by atoms with van der Waals surface area (Å²) in [6.07, 6.45) is 3.50. The Labute approximate surface area is 138 Å². The second-order valence-corrected chi connectivity index (χ2v) is 5.78. The molecule has 0 spiro atoms. The molecule has 5 nitrogen and oxygen atoms in total. The Hall–Kier alpha value is -1.75. The Morgan fingerprint density at radius 3 is 2.74 bits per heavy atom. The van der Waals surface area contributed by atoms with Gasteiger partial charge in [-0.25, -0.2) is 0 Å². The summed E-state index contributed by atoms with van der Waals surface area (Å²) in [6.45, 7) is 7.85. The van der Waals surface area contributed by atoms with Crippen LogP contribution in [0.15, 0.2) is 18.2 Å². The van der Waals surface area contributed by atoms with Gasteiger partial charge in [-0.2, -0.15) is 0 Å². The molecule has 23 heavy (non-hydrogen) atoms. The molecule has 1 aromatic carbocycles. The van der Waals surface area contributed by atoms with E-state index in [-0.39, 0.29) is 5.91 Å². The Balaban J connectivity index is 1.88. The maximum absolute atomic E-state index is 12.3. The second-order valence-electron chi connectivity index (χ2n) is 5.78. The van der Waals surface area contributed by atoms with Crippen molar-refractivity contribution in [3.05, 3.63) is 23.8 Å². The molecule has 1 saturated heterocycles. The summed E-state index contributed by atoms with van der Waals surface area (Å²) in [7, 11) is 0. The standard InChI is InChI=1S/C18H28N2O3/c1-3-22-16-8-7-15(12-17(16)23-4-2)18(21)20-11-9-14-6-5-10-19-13-14/h7-8,12,14,19H,3-6,9-11,13H2,1-2H3,(H,20,21). The Bertz CT molecular complexity index is 499. The van der Waals surface area contributed by atoms with Gasteiger partial charge in [0.15, 0.2) is 11.5 Å². The molecule has 1 aromatic rings. The van der Waals surface area contributed by atoms with Crippen LogP contribution >= 0.6 is 0 Å². The van der Waals surface area contributed by atoms with E-state index in [1.165, 1.54) is 12.8 Å². The van der Waals surface area contributed by atoms with Gasteiger partial charge in [-0.1, -0.05) is 0 Å². The molecule has 2 rings (SSSR count). The van der Waals surface area contributed by atoms with Gasteiger partial charge in [0.25, 0.3) is 5.91 Å². The zero-order chi connectivity index (χ0) is 16.5. The average molecular weight is 320 g/mol. The molecule has 1 heterocycles. The lowest BCUT2D eigenvalue weighted by Crippen LogP contribution is -2.33. The first-order valence-electron chi connectivity index (χ1n) is 8.63. The van der Waals surface area contributed by atoms with Crippen molar-refractivity contribution >= 4 is 5.91 Å². The number of piperidine rings is 1. The van der Waals surface area contributed by atoms with Gasteiger partial charge in [0.1, 0.15) is 0 Å². The van der Waals surface area contributed by atoms with E-state index < -0.39 is 0 Å². The molecule has 0 bridgehead atoms. The first-order valence-corrected chi connectivity index (χ1v) is 8.63. The molecule has 0 aliphatic carbocycles. The molecule has 1 aliphatic heterocycles. The fourth-order valence-corrected chi connectivity index (χ4v) is 2.85. The van der Waals surface area contributed by atoms with E-state index in [2.05, 4.69) is 10.6 Å². The minimum Gasteiger partial charge on any atom is -0.490 e. The topological polar surface area (TPSA) is 59.6 Å². The van der Waals surface area contributed by atoms with Crippen molar-refractivity contribution in [2.75, 3.05) is 32.8 Å². The number of benzene rings is 1. The van der Waals surface area contributed by atoms with Crippen molar-refractivity contribution in [1.82, 2.24) is 10.6 Å². The predicted molar refractivity (Wildman–Crippen MR) is 91.3 cm³/mol. The van der Waals surface area contributed by atoms with Crippen LogP contribution in [-0.4, -0.2) is 38.8 Å². The smallest absolute Gasteiger partial charge is 0.251 e. The monoisotopic (exact) mass is 320 g/mol. The maximum atomic E-state index is 12.3. The van der Waals surface area contributed by atoms with E-state index in [1.807, 2.05) is 13.8 Å². The predicted octanol–water partition coefficient (Wildman–Crippen LogP) is 2.60. The van der Waals surface area contributed by atoms with Gasteiger partial charge in [-0.05, 0) is 70.3 Å². The van der Waals surface area contributed by atoms with Crippen molar-refractivity contribution in [3.63, 3.8) is 0 Å². The number of nitrogens with one attached hydrogen (secondary N) is 2. The first kappa shape index (κ1) is 17.6. The van der Waals surface area contributed by atoms with E-state index in [0.29, 0.717) is 42.7 Å². The highest BCUT2D eigenvalue weighted by Gasteiger charge is 2.14. The van der Waals surface area contributed by atoms with Crippen molar-refractivity contribution < 1.29 is 14.3 Å². The molecule has 1 atom stereocenters. The zero-order valence-corrected chi connectivity index (χ0v) is 14.2. The summed E-state index contributed by atoms with van der Waals surface area (Å²) in [4.78, 5) is 12.3. The van der Waals surface area contributed by atoms with Gasteiger partial charge in [0.2, 0.25) is 0 Å². The highest BCUT2D eigenvalue weighted by atomic mass is 16.5. The van der Waals surface area contributed by atoms with Crippen LogP contribution in [-0.2, 0) is 0 Å². The molecule has 128 valence electrons. The lowest BCUT2D eigenvalue weighted by atomic mass is 9.96. The van der Waals surface area contributed by atoms with Gasteiger partial charge in [0.05, 0.1) is 13.2 Å². The van der Waals surface area contributed by atoms with Crippen LogP contribution in [0.1, 0.15) is 43.5 Å². The lowest BCUT2D eigenvalue weighted by Gasteiger charge is -2.22. The highest BCUT2D eigenvalue weighted by molar-refractivity contribution is 5.94. The number of ether oxygens (including phenoxy) is 2. The first-order chi connectivity index (χ1) is 11.2. The number of hydrogen-bond acceptors (Lipinski definition) is 4. The van der Waals surface area contributed by atoms with Crippen molar-refractivity contribution in [3.8, 4) is 11.5 Å². The summed E-state index contributed by atoms with van der Waals surface area (Å²) >= 11 is 0. The summed E-state index contributed by atoms with van der Waals surface area (Å²) in [6, 6.07) is 5.34. The molecule has 1 unspecified atom stereocenters. The molecule has 1 aliphatic rings. The van der Waals surface area contributed by atoms with E-state index in [1.54, 1.807) is 18.2 Å². The van der Waals surface area contributed by atoms with Crippen LogP contribution in [0.5, 0.6) is 11.5 Å². The van der Waals surface area contributed by atoms with Crippen LogP contribution in [0.4, 0.5) is 0 Å². The average Bonchev–Trinajstić information content (AvgIpc) is 2.58. The summed E-state index contributed by atoms with van der Waals surface area (Å²) in [5.74, 6) is 1.92. The normalized spacial score (nSPS) is 17.6. The summed E-state index contributed by atoms with van der Waals surface area (Å²) in [5, 5.41) is 6.41. The SMILES string of the molecule is CCOc1ccc(C(=O)NCCC2CCCNC2)cc1OCC. The quantitative estimate of drug-likeness (QED) is 0.773. The minimum absolute atomic E-state index is 0.0576. The third-order valence-electron chi connectivity index (χ3n) is 4.04. The number of carbonyl (C=O) groups excluding carboxylic acids is 1. The second kappa shape index (κ2) is 9.40. The number of carbonyl (C=O) groups is 1. The van der Waals surface area contributed by atoms with E-state index in [9.17, 15) is 4.79 Å². The van der Waals surface area contributed by atoms with Crippen LogP contribution in [0, 0.1) is 5.92 Å². The fourth-order valence-electron chi connectivity index (χ4n) is 2.85. The molecule has 0 aromatic heterocycles.